The number of carboxylic acids is 7. The molecule has 123 heavy (non-hydrogen) atoms. The number of ether oxygens (including phenoxy) is 16. The van der Waals surface area contributed by atoms with Gasteiger partial charge in [-0.3, -0.25) is 33.6 Å². The lowest BCUT2D eigenvalue weighted by atomic mass is 9.95. The SMILES string of the molecule is O=C(O)CCSCC1OC2OC3C(CSCCC(=O)O)OC(OC4C(CSCCC(=O)O)OC(OC5C(CSCCC(=O)O)OC(OC6C(CSCCC(=O)O)OC(OC7C(CSCCC(=O)O)OC(OC8C(CSCCC(=O)O)OC(OC9C(CO)OC(OC1C(O)C2O)C(O)C9O)C(O)C8O)C(O)C7O)C(O)C6O)C(O)C5O)C(O)C4O)C(O)C3O. The maximum Gasteiger partial charge on any atom is 0.304 e. The standard InChI is InChI=1S/C69H108O47S7/c70-15-23-54-38(85)46(93)62(101-23)110-55-24(16-117-8-1-31(71)72)103-64(48(95)40(55)87)112-57-26(18-119-10-3-33(75)76)105-66(50(97)42(57)89)114-59-28(20-121-12-5-35(79)80)107-68(52(99)44(59)91)116-61-30(22-123-14-7-37(83)84)108-69(53(100)45(61)92)115-60-29(21-122-13-6-36(81)82)106-67(51(98)43(60)90)113-58-27(19-120-11-4-34(77)78)104-65(49(96)41(58)88)111-56-25(17-118-9-2-32(73)74)102-63(109-54)47(94)39(56)86/h23-30,38-70,85-100H,1-22H2,(H,71,72)(H,73,74)(H,75,76)(H,77,78)(H,79,80)(H,81,82)(H,83,84). The maximum atomic E-state index is 12.3. The van der Waals surface area contributed by atoms with E-state index >= 15 is 0 Å². The summed E-state index contributed by atoms with van der Waals surface area (Å²) in [7, 11) is 0. The zero-order valence-electron chi connectivity index (χ0n) is 65.1. The van der Waals surface area contributed by atoms with E-state index < -0.39 is 339 Å². The molecule has 0 aromatic carbocycles. The molecule has 0 aliphatic carbocycles. The molecule has 0 amide bonds. The van der Waals surface area contributed by atoms with E-state index in [9.17, 15) is 156 Å². The summed E-state index contributed by atoms with van der Waals surface area (Å²) in [5, 5.41) is 271. The number of carboxylic acid groups (broad SMARTS) is 7. The predicted octanol–water partition coefficient (Wildman–Crippen LogP) is -8.90. The minimum Gasteiger partial charge on any atom is -0.481 e. The summed E-state index contributed by atoms with van der Waals surface area (Å²) in [6, 6.07) is 0. The van der Waals surface area contributed by atoms with Crippen molar-refractivity contribution in [2.24, 2.45) is 0 Å². The minimum atomic E-state index is -2.33. The number of aliphatic hydroxyl groups is 17. The second-order valence-electron chi connectivity index (χ2n) is 29.7. The van der Waals surface area contributed by atoms with E-state index in [1.165, 1.54) is 0 Å². The first kappa shape index (κ1) is 104. The Bertz CT molecular complexity index is 3160. The van der Waals surface area contributed by atoms with E-state index in [2.05, 4.69) is 0 Å². The summed E-state index contributed by atoms with van der Waals surface area (Å²) in [6.45, 7) is -1.14. The van der Waals surface area contributed by atoms with Gasteiger partial charge in [-0.05, 0) is 0 Å². The second-order valence-corrected chi connectivity index (χ2v) is 37.8. The molecule has 0 spiro atoms. The van der Waals surface area contributed by atoms with Gasteiger partial charge in [-0.2, -0.15) is 82.3 Å². The molecule has 30 fully saturated rings. The molecule has 30 heterocycles. The average Bonchev–Trinajstić information content (AvgIpc) is 0.752. The first-order chi connectivity index (χ1) is 58.4. The zero-order chi connectivity index (χ0) is 90.0. The molecule has 0 aromatic heterocycles. The molecule has 0 aromatic rings. The number of aliphatic carboxylic acids is 7. The van der Waals surface area contributed by atoms with Crippen molar-refractivity contribution in [1.82, 2.24) is 0 Å². The smallest absolute Gasteiger partial charge is 0.304 e. The van der Waals surface area contributed by atoms with E-state index in [1.54, 1.807) is 0 Å². The lowest BCUT2D eigenvalue weighted by Gasteiger charge is -2.51. The highest BCUT2D eigenvalue weighted by molar-refractivity contribution is 8.00. The Balaban J connectivity index is 1.10. The number of aliphatic hydroxyl groups excluding tert-OH is 17. The van der Waals surface area contributed by atoms with Gasteiger partial charge in [0.25, 0.3) is 0 Å². The molecule has 40 unspecified atom stereocenters. The van der Waals surface area contributed by atoms with Crippen molar-refractivity contribution >= 4 is 124 Å². The van der Waals surface area contributed by atoms with Gasteiger partial charge in [0, 0.05) is 80.5 Å². The summed E-state index contributed by atoms with van der Waals surface area (Å²) < 4.78 is 99.1. The molecule has 40 atom stereocenters. The zero-order valence-corrected chi connectivity index (χ0v) is 70.8. The molecule has 30 rings (SSSR count). The van der Waals surface area contributed by atoms with Crippen LogP contribution in [0.2, 0.25) is 0 Å². The maximum absolute atomic E-state index is 12.3. The Morgan fingerprint density at radius 3 is 0.407 bits per heavy atom. The lowest BCUT2D eigenvalue weighted by molar-refractivity contribution is -0.397. The first-order valence-electron chi connectivity index (χ1n) is 38.9. The van der Waals surface area contributed by atoms with Gasteiger partial charge in [0.05, 0.1) is 94.3 Å². The van der Waals surface area contributed by atoms with Crippen LogP contribution in [-0.2, 0) is 109 Å². The van der Waals surface area contributed by atoms with Gasteiger partial charge < -0.3 is 198 Å². The highest BCUT2D eigenvalue weighted by atomic mass is 32.2. The topological polar surface area (TPSA) is 753 Å². The highest BCUT2D eigenvalue weighted by Gasteiger charge is 2.61. The van der Waals surface area contributed by atoms with Gasteiger partial charge in [0.2, 0.25) is 0 Å². The summed E-state index contributed by atoms with van der Waals surface area (Å²) in [6.07, 6.45) is -85.4. The fourth-order valence-corrected chi connectivity index (χ4v) is 21.2. The van der Waals surface area contributed by atoms with Gasteiger partial charge in [-0.1, -0.05) is 0 Å². The minimum absolute atomic E-state index is 0.148. The van der Waals surface area contributed by atoms with Gasteiger partial charge in [-0.25, -0.2) is 0 Å². The Labute approximate surface area is 729 Å². The van der Waals surface area contributed by atoms with Crippen molar-refractivity contribution in [2.75, 3.05) is 87.1 Å². The van der Waals surface area contributed by atoms with Crippen LogP contribution in [0, 0.1) is 0 Å². The van der Waals surface area contributed by atoms with Crippen LogP contribution in [0.3, 0.4) is 0 Å². The molecule has 30 saturated heterocycles. The largest absolute Gasteiger partial charge is 0.481 e. The number of rotatable bonds is 36. The lowest BCUT2D eigenvalue weighted by Crippen LogP contribution is -2.69. The van der Waals surface area contributed by atoms with Crippen molar-refractivity contribution in [3.05, 3.63) is 0 Å². The van der Waals surface area contributed by atoms with E-state index in [4.69, 9.17) is 75.8 Å². The first-order valence-corrected chi connectivity index (χ1v) is 47.0. The number of thioether (sulfide) groups is 7. The Hall–Kier alpha value is -2.58. The molecule has 54 heteroatoms. The van der Waals surface area contributed by atoms with E-state index in [0.717, 1.165) is 82.3 Å². The molecule has 30 aliphatic heterocycles. The third-order valence-corrected chi connectivity index (χ3v) is 28.2. The summed E-state index contributed by atoms with van der Waals surface area (Å²) in [4.78, 5) is 82.2. The third-order valence-electron chi connectivity index (χ3n) is 20.8. The molecule has 47 nitrogen and oxygen atoms in total. The number of hydrogen-bond donors (Lipinski definition) is 24. The predicted molar refractivity (Wildman–Crippen MR) is 419 cm³/mol. The third kappa shape index (κ3) is 28.5. The van der Waals surface area contributed by atoms with Gasteiger partial charge in [-0.15, -0.1) is 0 Å². The van der Waals surface area contributed by atoms with E-state index in [1.807, 2.05) is 0 Å². The Morgan fingerprint density at radius 1 is 0.179 bits per heavy atom. The van der Waals surface area contributed by atoms with Crippen LogP contribution >= 0.6 is 82.3 Å². The molecule has 16 bridgehead atoms. The molecule has 24 N–H and O–H groups in total. The monoisotopic (exact) mass is 1910 g/mol. The van der Waals surface area contributed by atoms with E-state index in [0.29, 0.717) is 0 Å². The fraction of sp³-hybridized carbons (Fsp3) is 0.899. The van der Waals surface area contributed by atoms with Crippen molar-refractivity contribution in [3.8, 4) is 0 Å². The van der Waals surface area contributed by atoms with Crippen LogP contribution in [-0.4, -0.2) is 497 Å². The normalized spacial score (nSPS) is 42.7. The summed E-state index contributed by atoms with van der Waals surface area (Å²) in [5.41, 5.74) is 0. The van der Waals surface area contributed by atoms with Crippen LogP contribution in [0.25, 0.3) is 0 Å². The van der Waals surface area contributed by atoms with Gasteiger partial charge in [0.1, 0.15) is 153 Å². The molecule has 708 valence electrons. The summed E-state index contributed by atoms with van der Waals surface area (Å²) in [5.74, 6) is -12.4. The Kier molecular flexibility index (Phi) is 42.1. The Morgan fingerprint density at radius 2 is 0.293 bits per heavy atom. The summed E-state index contributed by atoms with van der Waals surface area (Å²) >= 11 is 6.18. The highest BCUT2D eigenvalue weighted by Crippen LogP contribution is 2.43. The van der Waals surface area contributed by atoms with Gasteiger partial charge >= 0.3 is 41.8 Å². The average molecular weight is 1910 g/mol. The van der Waals surface area contributed by atoms with Crippen LogP contribution in [0.1, 0.15) is 44.9 Å². The van der Waals surface area contributed by atoms with Crippen LogP contribution in [0.5, 0.6) is 0 Å². The van der Waals surface area contributed by atoms with Crippen molar-refractivity contribution in [2.45, 2.75) is 291 Å². The van der Waals surface area contributed by atoms with E-state index in [-0.39, 0.29) is 80.5 Å². The molecule has 0 saturated carbocycles. The van der Waals surface area contributed by atoms with Crippen LogP contribution in [0.15, 0.2) is 0 Å². The quantitative estimate of drug-likeness (QED) is 0.0259. The molecule has 0 radical (unpaired) electrons. The fourth-order valence-electron chi connectivity index (χ4n) is 14.3. The number of carbonyl (C=O) groups is 7. The van der Waals surface area contributed by atoms with Crippen molar-refractivity contribution < 1.29 is 232 Å². The molecular formula is C69H108O47S7. The van der Waals surface area contributed by atoms with Crippen LogP contribution in [0.4, 0.5) is 0 Å². The number of hydrogen-bond acceptors (Lipinski definition) is 47. The van der Waals surface area contributed by atoms with Crippen molar-refractivity contribution in [1.29, 1.82) is 0 Å². The molecule has 30 aliphatic rings. The molecular weight excluding hydrogens is 1810 g/mol. The second kappa shape index (κ2) is 49.8. The van der Waals surface area contributed by atoms with Crippen molar-refractivity contribution in [3.63, 3.8) is 0 Å². The van der Waals surface area contributed by atoms with Crippen LogP contribution < -0.4 is 0 Å². The van der Waals surface area contributed by atoms with Gasteiger partial charge in [0.15, 0.2) is 50.3 Å².